The van der Waals surface area contributed by atoms with Crippen LogP contribution in [0.1, 0.15) is 18.5 Å². The van der Waals surface area contributed by atoms with E-state index >= 15 is 0 Å². The van der Waals surface area contributed by atoms with Gasteiger partial charge in [-0.3, -0.25) is 0 Å². The fourth-order valence-corrected chi connectivity index (χ4v) is 3.91. The van der Waals surface area contributed by atoms with E-state index in [2.05, 4.69) is 26.9 Å². The van der Waals surface area contributed by atoms with Gasteiger partial charge in [0.25, 0.3) is 0 Å². The van der Waals surface area contributed by atoms with Gasteiger partial charge >= 0.3 is 0 Å². The summed E-state index contributed by atoms with van der Waals surface area (Å²) in [7, 11) is -3.08. The highest BCUT2D eigenvalue weighted by Crippen LogP contribution is 2.28. The van der Waals surface area contributed by atoms with E-state index < -0.39 is 10.0 Å². The third-order valence-electron chi connectivity index (χ3n) is 3.55. The third kappa shape index (κ3) is 3.52. The zero-order valence-corrected chi connectivity index (χ0v) is 14.1. The molecule has 1 atom stereocenters. The van der Waals surface area contributed by atoms with Crippen molar-refractivity contribution in [1.82, 2.24) is 4.31 Å². The van der Waals surface area contributed by atoms with Crippen molar-refractivity contribution in [3.63, 3.8) is 0 Å². The molecule has 0 bridgehead atoms. The molecule has 5 nitrogen and oxygen atoms in total. The summed E-state index contributed by atoms with van der Waals surface area (Å²) < 4.78 is 25.5. The van der Waals surface area contributed by atoms with Crippen molar-refractivity contribution in [3.05, 3.63) is 28.2 Å². The topological polar surface area (TPSA) is 66.6 Å². The highest BCUT2D eigenvalue weighted by atomic mass is 79.9. The van der Waals surface area contributed by atoms with E-state index in [9.17, 15) is 8.42 Å². The Bertz CT molecular complexity index is 581. The molecule has 1 heterocycles. The van der Waals surface area contributed by atoms with Gasteiger partial charge in [-0.1, -0.05) is 22.0 Å². The van der Waals surface area contributed by atoms with Crippen LogP contribution in [0, 0.1) is 0 Å². The lowest BCUT2D eigenvalue weighted by molar-refractivity contribution is 0.388. The SMILES string of the molecule is C[C@@H](N)c1ccc(N2CCN(S(C)(=O)=O)CC2)cc1Br. The molecular formula is C13H20BrN3O2S. The highest BCUT2D eigenvalue weighted by Gasteiger charge is 2.23. The lowest BCUT2D eigenvalue weighted by atomic mass is 10.1. The summed E-state index contributed by atoms with van der Waals surface area (Å²) in [5.41, 5.74) is 8.06. The Morgan fingerprint density at radius 2 is 1.85 bits per heavy atom. The first-order valence-corrected chi connectivity index (χ1v) is 9.18. The molecule has 0 amide bonds. The number of rotatable bonds is 3. The molecule has 0 unspecified atom stereocenters. The summed E-state index contributed by atoms with van der Waals surface area (Å²) in [6.07, 6.45) is 1.26. The number of benzene rings is 1. The smallest absolute Gasteiger partial charge is 0.211 e. The van der Waals surface area contributed by atoms with Gasteiger partial charge in [0.1, 0.15) is 0 Å². The number of halogens is 1. The number of hydrogen-bond donors (Lipinski definition) is 1. The van der Waals surface area contributed by atoms with Crippen LogP contribution in [0.3, 0.4) is 0 Å². The van der Waals surface area contributed by atoms with E-state index in [4.69, 9.17) is 5.73 Å². The Hall–Kier alpha value is -0.630. The summed E-state index contributed by atoms with van der Waals surface area (Å²) in [6, 6.07) is 6.10. The average Bonchev–Trinajstić information content (AvgIpc) is 2.37. The van der Waals surface area contributed by atoms with Crippen LogP contribution in [0.15, 0.2) is 22.7 Å². The maximum atomic E-state index is 11.5. The van der Waals surface area contributed by atoms with E-state index in [0.29, 0.717) is 26.2 Å². The van der Waals surface area contributed by atoms with Crippen molar-refractivity contribution in [3.8, 4) is 0 Å². The van der Waals surface area contributed by atoms with Crippen LogP contribution in [0.2, 0.25) is 0 Å². The maximum Gasteiger partial charge on any atom is 0.211 e. The van der Waals surface area contributed by atoms with Gasteiger partial charge in [0.15, 0.2) is 0 Å². The van der Waals surface area contributed by atoms with Crippen LogP contribution in [0.5, 0.6) is 0 Å². The number of sulfonamides is 1. The van der Waals surface area contributed by atoms with Crippen LogP contribution in [-0.4, -0.2) is 45.2 Å². The number of anilines is 1. The fourth-order valence-electron chi connectivity index (χ4n) is 2.36. The Morgan fingerprint density at radius 1 is 1.25 bits per heavy atom. The number of nitrogens with zero attached hydrogens (tertiary/aromatic N) is 2. The maximum absolute atomic E-state index is 11.5. The number of nitrogens with two attached hydrogens (primary N) is 1. The minimum absolute atomic E-state index is 0.0134. The molecule has 1 aromatic rings. The van der Waals surface area contributed by atoms with Gasteiger partial charge in [-0.25, -0.2) is 8.42 Å². The monoisotopic (exact) mass is 361 g/mol. The molecule has 20 heavy (non-hydrogen) atoms. The van der Waals surface area contributed by atoms with Crippen molar-refractivity contribution in [2.75, 3.05) is 37.3 Å². The highest BCUT2D eigenvalue weighted by molar-refractivity contribution is 9.10. The summed E-state index contributed by atoms with van der Waals surface area (Å²) in [4.78, 5) is 2.19. The Morgan fingerprint density at radius 3 is 2.30 bits per heavy atom. The van der Waals surface area contributed by atoms with Crippen molar-refractivity contribution in [2.45, 2.75) is 13.0 Å². The van der Waals surface area contributed by atoms with E-state index in [0.717, 1.165) is 15.7 Å². The fraction of sp³-hybridized carbons (Fsp3) is 0.538. The first-order valence-electron chi connectivity index (χ1n) is 6.54. The molecule has 0 spiro atoms. The van der Waals surface area contributed by atoms with Crippen LogP contribution in [0.25, 0.3) is 0 Å². The zero-order chi connectivity index (χ0) is 14.9. The zero-order valence-electron chi connectivity index (χ0n) is 11.7. The van der Waals surface area contributed by atoms with Crippen LogP contribution >= 0.6 is 15.9 Å². The van der Waals surface area contributed by atoms with Gasteiger partial charge in [-0.2, -0.15) is 4.31 Å². The second-order valence-electron chi connectivity index (χ2n) is 5.14. The molecular weight excluding hydrogens is 342 g/mol. The molecule has 112 valence electrons. The first-order chi connectivity index (χ1) is 9.29. The molecule has 1 saturated heterocycles. The quantitative estimate of drug-likeness (QED) is 0.886. The molecule has 7 heteroatoms. The Kier molecular flexibility index (Phi) is 4.73. The minimum Gasteiger partial charge on any atom is -0.369 e. The van der Waals surface area contributed by atoms with E-state index in [-0.39, 0.29) is 6.04 Å². The van der Waals surface area contributed by atoms with E-state index in [1.807, 2.05) is 19.1 Å². The molecule has 0 aliphatic carbocycles. The van der Waals surface area contributed by atoms with Crippen LogP contribution < -0.4 is 10.6 Å². The molecule has 2 rings (SSSR count). The summed E-state index contributed by atoms with van der Waals surface area (Å²) >= 11 is 3.54. The second kappa shape index (κ2) is 6.01. The third-order valence-corrected chi connectivity index (χ3v) is 5.54. The molecule has 0 saturated carbocycles. The largest absolute Gasteiger partial charge is 0.369 e. The predicted octanol–water partition coefficient (Wildman–Crippen LogP) is 1.55. The lowest BCUT2D eigenvalue weighted by Crippen LogP contribution is -2.48. The predicted molar refractivity (Wildman–Crippen MR) is 85.4 cm³/mol. The van der Waals surface area contributed by atoms with Crippen LogP contribution in [0.4, 0.5) is 5.69 Å². The summed E-state index contributed by atoms with van der Waals surface area (Å²) in [5, 5.41) is 0. The standard InChI is InChI=1S/C13H20BrN3O2S/c1-10(15)12-4-3-11(9-13(12)14)16-5-7-17(8-6-16)20(2,18)19/h3-4,9-10H,5-8,15H2,1-2H3/t10-/m1/s1. The minimum atomic E-state index is -3.08. The van der Waals surface area contributed by atoms with Crippen molar-refractivity contribution in [1.29, 1.82) is 0 Å². The number of hydrogen-bond acceptors (Lipinski definition) is 4. The first kappa shape index (κ1) is 15.8. The average molecular weight is 362 g/mol. The molecule has 0 aromatic heterocycles. The van der Waals surface area contributed by atoms with Gasteiger partial charge in [0.05, 0.1) is 6.26 Å². The lowest BCUT2D eigenvalue weighted by Gasteiger charge is -2.35. The molecule has 1 fully saturated rings. The summed E-state index contributed by atoms with van der Waals surface area (Å²) in [5.74, 6) is 0. The summed E-state index contributed by atoms with van der Waals surface area (Å²) in [6.45, 7) is 4.43. The molecule has 1 aromatic carbocycles. The molecule has 0 radical (unpaired) electrons. The van der Waals surface area contributed by atoms with Gasteiger partial charge in [-0.05, 0) is 24.6 Å². The molecule has 1 aliphatic rings. The Balaban J connectivity index is 2.10. The van der Waals surface area contributed by atoms with Crippen molar-refractivity contribution >= 4 is 31.6 Å². The van der Waals surface area contributed by atoms with Gasteiger partial charge in [0, 0.05) is 42.4 Å². The van der Waals surface area contributed by atoms with Crippen molar-refractivity contribution in [2.24, 2.45) is 5.73 Å². The van der Waals surface area contributed by atoms with E-state index in [1.165, 1.54) is 10.6 Å². The Labute approximate surface area is 128 Å². The van der Waals surface area contributed by atoms with Crippen molar-refractivity contribution < 1.29 is 8.42 Å². The molecule has 1 aliphatic heterocycles. The number of piperazine rings is 1. The molecule has 2 N–H and O–H groups in total. The van der Waals surface area contributed by atoms with Crippen LogP contribution in [-0.2, 0) is 10.0 Å². The second-order valence-corrected chi connectivity index (χ2v) is 7.98. The normalized spacial score (nSPS) is 19.1. The van der Waals surface area contributed by atoms with Gasteiger partial charge < -0.3 is 10.6 Å². The van der Waals surface area contributed by atoms with Gasteiger partial charge in [0.2, 0.25) is 10.0 Å². The van der Waals surface area contributed by atoms with E-state index in [1.54, 1.807) is 0 Å². The van der Waals surface area contributed by atoms with Gasteiger partial charge in [-0.15, -0.1) is 0 Å².